The minimum atomic E-state index is -0.435. The van der Waals surface area contributed by atoms with Crippen LogP contribution in [0.5, 0.6) is 0 Å². The average molecular weight is 363 g/mol. The Labute approximate surface area is 147 Å². The molecule has 7 heteroatoms. The largest absolute Gasteiger partial charge is 0.456 e. The topological polar surface area (TPSA) is 67.7 Å². The van der Waals surface area contributed by atoms with Crippen LogP contribution in [0.4, 0.5) is 0 Å². The summed E-state index contributed by atoms with van der Waals surface area (Å²) in [5.41, 5.74) is 3.16. The summed E-state index contributed by atoms with van der Waals surface area (Å²) in [6.07, 6.45) is 1.40. The van der Waals surface area contributed by atoms with E-state index < -0.39 is 5.91 Å². The van der Waals surface area contributed by atoms with E-state index in [1.807, 2.05) is 0 Å². The van der Waals surface area contributed by atoms with Crippen LogP contribution in [-0.4, -0.2) is 12.1 Å². The molecule has 0 aliphatic rings. The van der Waals surface area contributed by atoms with Gasteiger partial charge in [-0.15, -0.1) is 0 Å². The van der Waals surface area contributed by atoms with Gasteiger partial charge in [0.05, 0.1) is 16.3 Å². The van der Waals surface area contributed by atoms with Crippen molar-refractivity contribution in [2.45, 2.75) is 6.92 Å². The number of benzene rings is 1. The number of aryl methyl sites for hydroxylation is 1. The van der Waals surface area contributed by atoms with Crippen molar-refractivity contribution in [3.63, 3.8) is 0 Å². The monoisotopic (exact) mass is 362 g/mol. The molecule has 3 rings (SSSR count). The minimum absolute atomic E-state index is 0.195. The van der Waals surface area contributed by atoms with Crippen LogP contribution in [0.3, 0.4) is 0 Å². The molecule has 3 aromatic rings. The van der Waals surface area contributed by atoms with E-state index in [9.17, 15) is 4.79 Å². The number of halogens is 2. The van der Waals surface area contributed by atoms with Gasteiger partial charge in [0.25, 0.3) is 0 Å². The summed E-state index contributed by atoms with van der Waals surface area (Å²) in [5.74, 6) is 1.51. The molecule has 0 fully saturated rings. The molecule has 122 valence electrons. The molecule has 0 atom stereocenters. The summed E-state index contributed by atoms with van der Waals surface area (Å²) in [4.78, 5) is 11.8. The number of hydrogen-bond donors (Lipinski definition) is 1. The second-order valence-corrected chi connectivity index (χ2v) is 5.75. The lowest BCUT2D eigenvalue weighted by Gasteiger charge is -1.99. The first-order valence-corrected chi connectivity index (χ1v) is 7.73. The molecule has 0 aliphatic carbocycles. The van der Waals surface area contributed by atoms with Crippen LogP contribution in [0.1, 0.15) is 22.1 Å². The van der Waals surface area contributed by atoms with Gasteiger partial charge in [-0.3, -0.25) is 4.79 Å². The molecule has 0 bridgehead atoms. The minimum Gasteiger partial charge on any atom is -0.456 e. The number of nitrogens with one attached hydrogen (secondary N) is 1. The number of hydrogen-bond acceptors (Lipinski definition) is 4. The number of hydrazone groups is 1. The molecule has 0 saturated carbocycles. The number of amides is 1. The molecule has 1 amide bonds. The fourth-order valence-electron chi connectivity index (χ4n) is 1.99. The number of furan rings is 2. The zero-order chi connectivity index (χ0) is 17.1. The van der Waals surface area contributed by atoms with Crippen molar-refractivity contribution in [1.82, 2.24) is 5.43 Å². The van der Waals surface area contributed by atoms with Gasteiger partial charge >= 0.3 is 5.91 Å². The van der Waals surface area contributed by atoms with E-state index in [4.69, 9.17) is 32.0 Å². The lowest BCUT2D eigenvalue weighted by Crippen LogP contribution is -2.16. The maximum Gasteiger partial charge on any atom is 0.307 e. The Balaban J connectivity index is 1.67. The third-order valence-electron chi connectivity index (χ3n) is 3.15. The highest BCUT2D eigenvalue weighted by atomic mass is 35.5. The normalized spacial score (nSPS) is 11.1. The zero-order valence-electron chi connectivity index (χ0n) is 12.5. The SMILES string of the molecule is Cc1ccc(C(=O)N/N=C\c2ccc(-c3ccc(Cl)c(Cl)c3)o2)o1. The second kappa shape index (κ2) is 6.95. The van der Waals surface area contributed by atoms with Crippen LogP contribution in [0.2, 0.25) is 10.0 Å². The molecule has 2 heterocycles. The van der Waals surface area contributed by atoms with E-state index in [0.717, 1.165) is 5.56 Å². The number of rotatable bonds is 4. The molecule has 1 N–H and O–H groups in total. The standard InChI is InChI=1S/C17H12Cl2N2O3/c1-10-2-6-16(23-10)17(22)21-20-9-12-4-7-15(24-12)11-3-5-13(18)14(19)8-11/h2-9H,1H3,(H,21,22)/b20-9-. The molecule has 0 aliphatic heterocycles. The van der Waals surface area contributed by atoms with Gasteiger partial charge in [0, 0.05) is 5.56 Å². The third kappa shape index (κ3) is 3.69. The van der Waals surface area contributed by atoms with Gasteiger partial charge in [-0.2, -0.15) is 5.10 Å². The highest BCUT2D eigenvalue weighted by Gasteiger charge is 2.09. The predicted molar refractivity (Wildman–Crippen MR) is 92.7 cm³/mol. The first kappa shape index (κ1) is 16.4. The van der Waals surface area contributed by atoms with Gasteiger partial charge in [-0.1, -0.05) is 23.2 Å². The first-order chi connectivity index (χ1) is 11.5. The van der Waals surface area contributed by atoms with Crippen molar-refractivity contribution in [2.24, 2.45) is 5.10 Å². The summed E-state index contributed by atoms with van der Waals surface area (Å²) in [5, 5.41) is 4.76. The fraction of sp³-hybridized carbons (Fsp3) is 0.0588. The Hall–Kier alpha value is -2.50. The van der Waals surface area contributed by atoms with Crippen LogP contribution in [0.25, 0.3) is 11.3 Å². The van der Waals surface area contributed by atoms with Crippen molar-refractivity contribution >= 4 is 35.3 Å². The summed E-state index contributed by atoms with van der Waals surface area (Å²) in [7, 11) is 0. The highest BCUT2D eigenvalue weighted by Crippen LogP contribution is 2.29. The Morgan fingerprint density at radius 3 is 2.62 bits per heavy atom. The van der Waals surface area contributed by atoms with Gasteiger partial charge in [-0.25, -0.2) is 5.43 Å². The highest BCUT2D eigenvalue weighted by molar-refractivity contribution is 6.42. The van der Waals surface area contributed by atoms with Gasteiger partial charge in [0.1, 0.15) is 17.3 Å². The van der Waals surface area contributed by atoms with E-state index in [-0.39, 0.29) is 5.76 Å². The summed E-state index contributed by atoms with van der Waals surface area (Å²) in [6.45, 7) is 1.76. The van der Waals surface area contributed by atoms with Crippen molar-refractivity contribution < 1.29 is 13.6 Å². The fourth-order valence-corrected chi connectivity index (χ4v) is 2.29. The van der Waals surface area contributed by atoms with Gasteiger partial charge in [0.2, 0.25) is 0 Å². The first-order valence-electron chi connectivity index (χ1n) is 6.98. The molecule has 24 heavy (non-hydrogen) atoms. The molecule has 2 aromatic heterocycles. The molecule has 1 aromatic carbocycles. The van der Waals surface area contributed by atoms with E-state index in [2.05, 4.69) is 10.5 Å². The van der Waals surface area contributed by atoms with Crippen LogP contribution in [0.15, 0.2) is 56.4 Å². The Morgan fingerprint density at radius 2 is 1.92 bits per heavy atom. The van der Waals surface area contributed by atoms with E-state index in [1.54, 1.807) is 49.4 Å². The summed E-state index contributed by atoms with van der Waals surface area (Å²) in [6, 6.07) is 12.0. The maximum atomic E-state index is 11.8. The number of carbonyl (C=O) groups is 1. The van der Waals surface area contributed by atoms with E-state index in [1.165, 1.54) is 6.21 Å². The van der Waals surface area contributed by atoms with E-state index >= 15 is 0 Å². The molecular weight excluding hydrogens is 351 g/mol. The Bertz CT molecular complexity index is 912. The van der Waals surface area contributed by atoms with Crippen LogP contribution >= 0.6 is 23.2 Å². The van der Waals surface area contributed by atoms with Crippen molar-refractivity contribution in [3.8, 4) is 11.3 Å². The van der Waals surface area contributed by atoms with Crippen LogP contribution in [0, 0.1) is 6.92 Å². The molecule has 0 unspecified atom stereocenters. The second-order valence-electron chi connectivity index (χ2n) is 4.94. The predicted octanol–water partition coefficient (Wildman–Crippen LogP) is 4.92. The molecule has 0 radical (unpaired) electrons. The Morgan fingerprint density at radius 1 is 1.08 bits per heavy atom. The van der Waals surface area contributed by atoms with Gasteiger partial charge in [0.15, 0.2) is 5.76 Å². The van der Waals surface area contributed by atoms with Gasteiger partial charge in [-0.05, 0) is 49.4 Å². The molecular formula is C17H12Cl2N2O3. The lowest BCUT2D eigenvalue weighted by atomic mass is 10.2. The van der Waals surface area contributed by atoms with E-state index in [0.29, 0.717) is 27.3 Å². The van der Waals surface area contributed by atoms with Gasteiger partial charge < -0.3 is 8.83 Å². The molecule has 5 nitrogen and oxygen atoms in total. The maximum absolute atomic E-state index is 11.8. The van der Waals surface area contributed by atoms with Crippen molar-refractivity contribution in [3.05, 3.63) is 69.8 Å². The third-order valence-corrected chi connectivity index (χ3v) is 3.89. The zero-order valence-corrected chi connectivity index (χ0v) is 14.1. The van der Waals surface area contributed by atoms with Crippen LogP contribution < -0.4 is 5.43 Å². The average Bonchev–Trinajstić information content (AvgIpc) is 3.19. The smallest absolute Gasteiger partial charge is 0.307 e. The summed E-state index contributed by atoms with van der Waals surface area (Å²) >= 11 is 11.9. The molecule has 0 spiro atoms. The van der Waals surface area contributed by atoms with Crippen molar-refractivity contribution in [1.29, 1.82) is 0 Å². The number of carbonyl (C=O) groups excluding carboxylic acids is 1. The molecule has 0 saturated heterocycles. The summed E-state index contributed by atoms with van der Waals surface area (Å²) < 4.78 is 10.8. The lowest BCUT2D eigenvalue weighted by molar-refractivity contribution is 0.0926. The number of nitrogens with zero attached hydrogens (tertiary/aromatic N) is 1. The quantitative estimate of drug-likeness (QED) is 0.529. The Kier molecular flexibility index (Phi) is 4.74. The van der Waals surface area contributed by atoms with Crippen molar-refractivity contribution in [2.75, 3.05) is 0 Å². The van der Waals surface area contributed by atoms with Crippen LogP contribution in [-0.2, 0) is 0 Å².